The molecule has 0 radical (unpaired) electrons. The molecule has 0 aliphatic rings. The number of aromatic amines is 1. The second kappa shape index (κ2) is 8.18. The van der Waals surface area contributed by atoms with Gasteiger partial charge in [0.05, 0.1) is 36.4 Å². The van der Waals surface area contributed by atoms with E-state index in [0.717, 1.165) is 18.2 Å². The van der Waals surface area contributed by atoms with Gasteiger partial charge in [-0.15, -0.1) is 0 Å². The number of fused-ring (bicyclic) bond motifs is 1. The summed E-state index contributed by atoms with van der Waals surface area (Å²) in [4.78, 5) is 32.9. The Labute approximate surface area is 181 Å². The van der Waals surface area contributed by atoms with Gasteiger partial charge in [0.2, 0.25) is 0 Å². The van der Waals surface area contributed by atoms with E-state index < -0.39 is 11.6 Å². The summed E-state index contributed by atoms with van der Waals surface area (Å²) in [5.74, 6) is -0.428. The average molecular weight is 437 g/mol. The van der Waals surface area contributed by atoms with Crippen LogP contribution in [0.5, 0.6) is 17.2 Å². The van der Waals surface area contributed by atoms with Gasteiger partial charge in [0, 0.05) is 24.4 Å². The monoisotopic (exact) mass is 437 g/mol. The first-order valence-corrected chi connectivity index (χ1v) is 9.76. The molecule has 0 atom stereocenters. The second-order valence-corrected chi connectivity index (χ2v) is 7.03. The number of nitrogens with one attached hydrogen (secondary N) is 1. The molecule has 32 heavy (non-hydrogen) atoms. The molecule has 2 heterocycles. The van der Waals surface area contributed by atoms with Crippen LogP contribution >= 0.6 is 0 Å². The number of ether oxygens (including phenoxy) is 2. The van der Waals surface area contributed by atoms with Gasteiger partial charge < -0.3 is 24.1 Å². The zero-order chi connectivity index (χ0) is 23.0. The molecule has 2 N–H and O–H groups in total. The van der Waals surface area contributed by atoms with Gasteiger partial charge in [0.1, 0.15) is 11.6 Å². The Bertz CT molecular complexity index is 1410. The molecule has 164 valence electrons. The molecule has 0 aliphatic carbocycles. The number of nitrogens with zero attached hydrogens (tertiary/aromatic N) is 2. The number of hydrogen-bond donors (Lipinski definition) is 2. The fourth-order valence-corrected chi connectivity index (χ4v) is 3.53. The third-order valence-corrected chi connectivity index (χ3v) is 5.16. The van der Waals surface area contributed by atoms with E-state index in [2.05, 4.69) is 9.97 Å². The number of ketones is 1. The second-order valence-electron chi connectivity index (χ2n) is 7.03. The number of aromatic nitrogens is 3. The zero-order valence-electron chi connectivity index (χ0n) is 17.6. The van der Waals surface area contributed by atoms with Gasteiger partial charge in [-0.1, -0.05) is 0 Å². The number of methoxy groups -OCH3 is 2. The maximum atomic E-state index is 13.6. The molecular weight excluding hydrogens is 417 g/mol. The predicted octanol–water partition coefficient (Wildman–Crippen LogP) is 3.50. The number of rotatable bonds is 6. The topological polar surface area (TPSA) is 106 Å². The lowest BCUT2D eigenvalue weighted by Gasteiger charge is -2.10. The minimum absolute atomic E-state index is 0.151. The SMILES string of the molecule is CCn1cc(C(=O)c2cc(F)ccc2O)cc1-c1nc2cc(OC)c(OC)cc2c(=O)[nH]1. The average Bonchev–Trinajstić information content (AvgIpc) is 3.23. The van der Waals surface area contributed by atoms with Crippen molar-refractivity contribution in [2.75, 3.05) is 14.2 Å². The van der Waals surface area contributed by atoms with Crippen LogP contribution in [0.25, 0.3) is 22.4 Å². The number of carbonyl (C=O) groups is 1. The van der Waals surface area contributed by atoms with Crippen molar-refractivity contribution in [2.24, 2.45) is 0 Å². The minimum Gasteiger partial charge on any atom is -0.507 e. The molecule has 4 rings (SSSR count). The highest BCUT2D eigenvalue weighted by molar-refractivity contribution is 6.11. The molecular formula is C23H20FN3O5. The quantitative estimate of drug-likeness (QED) is 0.447. The van der Waals surface area contributed by atoms with Crippen molar-refractivity contribution in [1.82, 2.24) is 14.5 Å². The molecule has 0 saturated heterocycles. The van der Waals surface area contributed by atoms with Crippen molar-refractivity contribution in [3.8, 4) is 28.8 Å². The van der Waals surface area contributed by atoms with Crippen molar-refractivity contribution in [1.29, 1.82) is 0 Å². The Hall–Kier alpha value is -4.14. The van der Waals surface area contributed by atoms with Crippen LogP contribution in [0.15, 0.2) is 47.4 Å². The van der Waals surface area contributed by atoms with Crippen LogP contribution in [0, 0.1) is 5.82 Å². The summed E-state index contributed by atoms with van der Waals surface area (Å²) in [6, 6.07) is 7.87. The number of aromatic hydroxyl groups is 1. The maximum absolute atomic E-state index is 13.6. The van der Waals surface area contributed by atoms with Gasteiger partial charge in [-0.05, 0) is 37.3 Å². The lowest BCUT2D eigenvalue weighted by atomic mass is 10.0. The number of hydrogen-bond acceptors (Lipinski definition) is 6. The first-order valence-electron chi connectivity index (χ1n) is 9.76. The standard InChI is InChI=1S/C23H20FN3O5/c1-4-27-11-12(21(29)15-8-13(24)5-6-18(15)28)7-17(27)22-25-16-10-20(32-3)19(31-2)9-14(16)23(30)26-22/h5-11,28H,4H2,1-3H3,(H,25,26,30). The highest BCUT2D eigenvalue weighted by Crippen LogP contribution is 2.31. The van der Waals surface area contributed by atoms with Crippen LogP contribution in [0.3, 0.4) is 0 Å². The van der Waals surface area contributed by atoms with Gasteiger partial charge in [-0.25, -0.2) is 9.37 Å². The van der Waals surface area contributed by atoms with Crippen LogP contribution in [0.1, 0.15) is 22.8 Å². The van der Waals surface area contributed by atoms with Gasteiger partial charge in [0.25, 0.3) is 5.56 Å². The molecule has 0 spiro atoms. The Balaban J connectivity index is 1.85. The molecule has 0 saturated carbocycles. The van der Waals surface area contributed by atoms with E-state index in [9.17, 15) is 19.1 Å². The van der Waals surface area contributed by atoms with E-state index in [0.29, 0.717) is 34.6 Å². The van der Waals surface area contributed by atoms with Crippen molar-refractivity contribution >= 4 is 16.7 Å². The van der Waals surface area contributed by atoms with E-state index >= 15 is 0 Å². The Kier molecular flexibility index (Phi) is 5.40. The van der Waals surface area contributed by atoms with E-state index in [1.54, 1.807) is 29.0 Å². The van der Waals surface area contributed by atoms with E-state index in [1.165, 1.54) is 14.2 Å². The number of phenols is 1. The van der Waals surface area contributed by atoms with Gasteiger partial charge in [0.15, 0.2) is 23.1 Å². The first kappa shape index (κ1) is 21.1. The van der Waals surface area contributed by atoms with Gasteiger partial charge in [-0.2, -0.15) is 0 Å². The number of carbonyl (C=O) groups excluding carboxylic acids is 1. The number of benzene rings is 2. The van der Waals surface area contributed by atoms with Crippen LogP contribution in [-0.2, 0) is 6.54 Å². The molecule has 0 amide bonds. The summed E-state index contributed by atoms with van der Waals surface area (Å²) in [5, 5.41) is 10.3. The normalized spacial score (nSPS) is 11.0. The molecule has 0 bridgehead atoms. The van der Waals surface area contributed by atoms with E-state index in [1.807, 2.05) is 6.92 Å². The lowest BCUT2D eigenvalue weighted by Crippen LogP contribution is -2.11. The highest BCUT2D eigenvalue weighted by atomic mass is 19.1. The zero-order valence-corrected chi connectivity index (χ0v) is 17.6. The number of H-pyrrole nitrogens is 1. The molecule has 9 heteroatoms. The van der Waals surface area contributed by atoms with E-state index in [4.69, 9.17) is 9.47 Å². The van der Waals surface area contributed by atoms with Crippen molar-refractivity contribution < 1.29 is 23.8 Å². The first-order chi connectivity index (χ1) is 15.4. The van der Waals surface area contributed by atoms with E-state index in [-0.39, 0.29) is 28.3 Å². The largest absolute Gasteiger partial charge is 0.507 e. The van der Waals surface area contributed by atoms with Crippen molar-refractivity contribution in [2.45, 2.75) is 13.5 Å². The lowest BCUT2D eigenvalue weighted by molar-refractivity contribution is 0.103. The van der Waals surface area contributed by atoms with Crippen LogP contribution in [-0.4, -0.2) is 39.6 Å². The predicted molar refractivity (Wildman–Crippen MR) is 116 cm³/mol. The summed E-state index contributed by atoms with van der Waals surface area (Å²) in [5.41, 5.74) is 0.561. The third-order valence-electron chi connectivity index (χ3n) is 5.16. The summed E-state index contributed by atoms with van der Waals surface area (Å²) < 4.78 is 25.9. The molecule has 2 aromatic heterocycles. The molecule has 4 aromatic rings. The molecule has 0 fully saturated rings. The van der Waals surface area contributed by atoms with Crippen molar-refractivity contribution in [3.05, 3.63) is 69.9 Å². The smallest absolute Gasteiger partial charge is 0.259 e. The molecule has 8 nitrogen and oxygen atoms in total. The van der Waals surface area contributed by atoms with Gasteiger partial charge in [-0.3, -0.25) is 9.59 Å². The summed E-state index contributed by atoms with van der Waals surface area (Å²) in [6.07, 6.45) is 1.57. The summed E-state index contributed by atoms with van der Waals surface area (Å²) >= 11 is 0. The summed E-state index contributed by atoms with van der Waals surface area (Å²) in [6.45, 7) is 2.34. The number of aryl methyl sites for hydroxylation is 1. The summed E-state index contributed by atoms with van der Waals surface area (Å²) in [7, 11) is 2.96. The number of halogens is 1. The Morgan fingerprint density at radius 2 is 1.88 bits per heavy atom. The number of phenolic OH excluding ortho intramolecular Hbond substituents is 1. The molecule has 0 unspecified atom stereocenters. The maximum Gasteiger partial charge on any atom is 0.259 e. The van der Waals surface area contributed by atoms with Gasteiger partial charge >= 0.3 is 0 Å². The Morgan fingerprint density at radius 1 is 1.16 bits per heavy atom. The fraction of sp³-hybridized carbons (Fsp3) is 0.174. The van der Waals surface area contributed by atoms with Crippen molar-refractivity contribution in [3.63, 3.8) is 0 Å². The molecule has 2 aromatic carbocycles. The van der Waals surface area contributed by atoms with Crippen LogP contribution in [0.2, 0.25) is 0 Å². The Morgan fingerprint density at radius 3 is 2.56 bits per heavy atom. The minimum atomic E-state index is -0.633. The third kappa shape index (κ3) is 3.58. The van der Waals surface area contributed by atoms with Crippen LogP contribution in [0.4, 0.5) is 4.39 Å². The molecule has 0 aliphatic heterocycles. The van der Waals surface area contributed by atoms with Crippen LogP contribution < -0.4 is 15.0 Å². The highest BCUT2D eigenvalue weighted by Gasteiger charge is 2.20. The fourth-order valence-electron chi connectivity index (χ4n) is 3.53.